The maximum Gasteiger partial charge on any atom is 0.334 e. The van der Waals surface area contributed by atoms with E-state index in [2.05, 4.69) is 31.4 Å². The number of aliphatic carboxylic acids is 1. The Morgan fingerprint density at radius 2 is 1.81 bits per heavy atom. The lowest BCUT2D eigenvalue weighted by Crippen LogP contribution is -2.39. The maximum absolute atomic E-state index is 11.7. The van der Waals surface area contributed by atoms with Crippen molar-refractivity contribution in [2.75, 3.05) is 19.0 Å². The van der Waals surface area contributed by atoms with Crippen LogP contribution in [0.3, 0.4) is 0 Å². The first-order valence-corrected chi connectivity index (χ1v) is 6.65. The van der Waals surface area contributed by atoms with Gasteiger partial charge in [-0.15, -0.1) is 0 Å². The summed E-state index contributed by atoms with van der Waals surface area (Å²) in [5.41, 5.74) is 1.86. The molecule has 6 nitrogen and oxygen atoms in total. The number of methoxy groups -OCH3 is 1. The Hall–Kier alpha value is -2.08. The molecule has 0 bridgehead atoms. The number of carbonyl (C=O) groups excluding carboxylic acids is 1. The molecule has 0 aliphatic heterocycles. The number of anilines is 1. The molecule has 116 valence electrons. The first-order valence-electron chi connectivity index (χ1n) is 6.65. The average molecular weight is 294 g/mol. The van der Waals surface area contributed by atoms with Crippen molar-refractivity contribution in [1.29, 1.82) is 0 Å². The van der Waals surface area contributed by atoms with Crippen molar-refractivity contribution in [1.82, 2.24) is 5.32 Å². The van der Waals surface area contributed by atoms with Gasteiger partial charge in [-0.25, -0.2) is 9.59 Å². The highest BCUT2D eigenvalue weighted by atomic mass is 16.5. The first-order chi connectivity index (χ1) is 9.74. The van der Waals surface area contributed by atoms with Gasteiger partial charge in [-0.1, -0.05) is 32.9 Å². The molecule has 0 aromatic heterocycles. The minimum Gasteiger partial charge on any atom is -0.479 e. The molecule has 21 heavy (non-hydrogen) atoms. The maximum atomic E-state index is 11.7. The van der Waals surface area contributed by atoms with E-state index in [0.717, 1.165) is 0 Å². The van der Waals surface area contributed by atoms with Gasteiger partial charge in [0.2, 0.25) is 0 Å². The van der Waals surface area contributed by atoms with E-state index in [1.165, 1.54) is 12.7 Å². The molecule has 0 radical (unpaired) electrons. The summed E-state index contributed by atoms with van der Waals surface area (Å²) in [7, 11) is 1.28. The highest BCUT2D eigenvalue weighted by Crippen LogP contribution is 2.23. The summed E-state index contributed by atoms with van der Waals surface area (Å²) in [6.07, 6.45) is -1.06. The van der Waals surface area contributed by atoms with E-state index in [9.17, 15) is 9.59 Å². The Labute approximate surface area is 124 Å². The van der Waals surface area contributed by atoms with E-state index < -0.39 is 18.1 Å². The molecule has 1 rings (SSSR count). The van der Waals surface area contributed by atoms with Crippen LogP contribution < -0.4 is 10.6 Å². The monoisotopic (exact) mass is 294 g/mol. The lowest BCUT2D eigenvalue weighted by atomic mass is 9.87. The van der Waals surface area contributed by atoms with Gasteiger partial charge >= 0.3 is 12.0 Å². The van der Waals surface area contributed by atoms with Crippen molar-refractivity contribution in [2.45, 2.75) is 32.3 Å². The molecule has 0 heterocycles. The third-order valence-electron chi connectivity index (χ3n) is 3.02. The van der Waals surface area contributed by atoms with Crippen LogP contribution in [0.25, 0.3) is 0 Å². The number of hydrogen-bond acceptors (Lipinski definition) is 3. The van der Waals surface area contributed by atoms with Crippen molar-refractivity contribution in [3.05, 3.63) is 29.8 Å². The summed E-state index contributed by atoms with van der Waals surface area (Å²) in [4.78, 5) is 22.4. The summed E-state index contributed by atoms with van der Waals surface area (Å²) < 4.78 is 4.72. The Kier molecular flexibility index (Phi) is 5.72. The summed E-state index contributed by atoms with van der Waals surface area (Å²) >= 11 is 0. The highest BCUT2D eigenvalue weighted by molar-refractivity contribution is 5.89. The van der Waals surface area contributed by atoms with Crippen molar-refractivity contribution in [3.8, 4) is 0 Å². The van der Waals surface area contributed by atoms with E-state index in [0.29, 0.717) is 5.69 Å². The Balaban J connectivity index is 2.54. The molecule has 1 aromatic rings. The predicted molar refractivity (Wildman–Crippen MR) is 80.6 cm³/mol. The molecular formula is C15H22N2O4. The van der Waals surface area contributed by atoms with E-state index >= 15 is 0 Å². The molecular weight excluding hydrogens is 272 g/mol. The largest absolute Gasteiger partial charge is 0.479 e. The number of carboxylic acids is 1. The molecule has 1 atom stereocenters. The zero-order valence-corrected chi connectivity index (χ0v) is 12.8. The Morgan fingerprint density at radius 1 is 1.24 bits per heavy atom. The van der Waals surface area contributed by atoms with Gasteiger partial charge in [-0.05, 0) is 23.1 Å². The minimum atomic E-state index is -1.12. The van der Waals surface area contributed by atoms with Gasteiger partial charge in [-0.2, -0.15) is 0 Å². The number of carbonyl (C=O) groups is 2. The summed E-state index contributed by atoms with van der Waals surface area (Å²) in [6, 6.07) is 7.05. The fourth-order valence-electron chi connectivity index (χ4n) is 1.69. The number of nitrogens with one attached hydrogen (secondary N) is 2. The van der Waals surface area contributed by atoms with Crippen molar-refractivity contribution in [2.24, 2.45) is 0 Å². The summed E-state index contributed by atoms with van der Waals surface area (Å²) in [5, 5.41) is 13.9. The van der Waals surface area contributed by atoms with Crippen molar-refractivity contribution in [3.63, 3.8) is 0 Å². The molecule has 2 amide bonds. The molecule has 0 saturated heterocycles. The number of hydrogen-bond donors (Lipinski definition) is 3. The van der Waals surface area contributed by atoms with Gasteiger partial charge in [0.05, 0.1) is 6.54 Å². The second-order valence-corrected chi connectivity index (χ2v) is 5.72. The van der Waals surface area contributed by atoms with Gasteiger partial charge in [0.25, 0.3) is 0 Å². The number of urea groups is 1. The predicted octanol–water partition coefficient (Wildman–Crippen LogP) is 2.21. The molecule has 1 unspecified atom stereocenters. The average Bonchev–Trinajstić information content (AvgIpc) is 2.38. The number of carboxylic acid groups (broad SMARTS) is 1. The third-order valence-corrected chi connectivity index (χ3v) is 3.02. The quantitative estimate of drug-likeness (QED) is 0.777. The molecule has 0 spiro atoms. The SMILES string of the molecule is COC(CNC(=O)Nc1ccc(C(C)(C)C)cc1)C(=O)O. The normalized spacial score (nSPS) is 12.6. The molecule has 1 aromatic carbocycles. The van der Waals surface area contributed by atoms with Gasteiger partial charge in [0, 0.05) is 12.8 Å². The minimum absolute atomic E-state index is 0.0496. The number of amides is 2. The lowest BCUT2D eigenvalue weighted by molar-refractivity contribution is -0.147. The standard InChI is InChI=1S/C15H22N2O4/c1-15(2,3)10-5-7-11(8-6-10)17-14(20)16-9-12(21-4)13(18)19/h5-8,12H,9H2,1-4H3,(H,18,19)(H2,16,17,20). The van der Waals surface area contributed by atoms with E-state index in [1.54, 1.807) is 0 Å². The zero-order chi connectivity index (χ0) is 16.0. The van der Waals surface area contributed by atoms with Crippen LogP contribution in [0.1, 0.15) is 26.3 Å². The second-order valence-electron chi connectivity index (χ2n) is 5.72. The van der Waals surface area contributed by atoms with Crippen LogP contribution in [0.2, 0.25) is 0 Å². The van der Waals surface area contributed by atoms with Gasteiger partial charge in [0.15, 0.2) is 6.10 Å². The number of rotatable bonds is 5. The third kappa shape index (κ3) is 5.43. The molecule has 0 aliphatic rings. The molecule has 0 aliphatic carbocycles. The van der Waals surface area contributed by atoms with Crippen LogP contribution in [-0.2, 0) is 14.9 Å². The zero-order valence-electron chi connectivity index (χ0n) is 12.8. The van der Waals surface area contributed by atoms with E-state index in [1.807, 2.05) is 24.3 Å². The number of benzene rings is 1. The van der Waals surface area contributed by atoms with Gasteiger partial charge in [0.1, 0.15) is 0 Å². The Bertz CT molecular complexity index is 491. The van der Waals surface area contributed by atoms with Crippen LogP contribution in [0.5, 0.6) is 0 Å². The van der Waals surface area contributed by atoms with Crippen LogP contribution in [0, 0.1) is 0 Å². The molecule has 0 fully saturated rings. The molecule has 3 N–H and O–H groups in total. The smallest absolute Gasteiger partial charge is 0.334 e. The van der Waals surface area contributed by atoms with Crippen LogP contribution in [0.4, 0.5) is 10.5 Å². The summed E-state index contributed by atoms with van der Waals surface area (Å²) in [5.74, 6) is -1.12. The van der Waals surface area contributed by atoms with Gasteiger partial charge < -0.3 is 20.5 Å². The topological polar surface area (TPSA) is 87.7 Å². The van der Waals surface area contributed by atoms with Gasteiger partial charge in [-0.3, -0.25) is 0 Å². The van der Waals surface area contributed by atoms with Crippen LogP contribution in [0.15, 0.2) is 24.3 Å². The summed E-state index contributed by atoms with van der Waals surface area (Å²) in [6.45, 7) is 6.23. The Morgan fingerprint density at radius 3 is 2.24 bits per heavy atom. The van der Waals surface area contributed by atoms with Crippen molar-refractivity contribution >= 4 is 17.7 Å². The highest BCUT2D eigenvalue weighted by Gasteiger charge is 2.17. The fourth-order valence-corrected chi connectivity index (χ4v) is 1.69. The molecule has 6 heteroatoms. The number of ether oxygens (including phenoxy) is 1. The van der Waals surface area contributed by atoms with Crippen molar-refractivity contribution < 1.29 is 19.4 Å². The van der Waals surface area contributed by atoms with Crippen LogP contribution in [-0.4, -0.2) is 36.9 Å². The van der Waals surface area contributed by atoms with Crippen LogP contribution >= 0.6 is 0 Å². The second kappa shape index (κ2) is 7.08. The first kappa shape index (κ1) is 17.0. The lowest BCUT2D eigenvalue weighted by Gasteiger charge is -2.19. The van der Waals surface area contributed by atoms with E-state index in [4.69, 9.17) is 9.84 Å². The van der Waals surface area contributed by atoms with E-state index in [-0.39, 0.29) is 12.0 Å². The fraction of sp³-hybridized carbons (Fsp3) is 0.467. The molecule has 0 saturated carbocycles.